The van der Waals surface area contributed by atoms with Crippen molar-refractivity contribution in [2.45, 2.75) is 142 Å². The number of unbranched alkanes of at least 4 members (excludes halogenated alkanes) is 13. The fraction of sp³-hybridized carbons (Fsp3) is 0.800. The average Bonchev–Trinajstić information content (AvgIpc) is 2.95. The first-order chi connectivity index (χ1) is 21.0. The predicted molar refractivity (Wildman–Crippen MR) is 184 cm³/mol. The zero-order valence-corrected chi connectivity index (χ0v) is 29.8. The first kappa shape index (κ1) is 42.7. The van der Waals surface area contributed by atoms with E-state index in [1.807, 2.05) is 27.2 Å². The van der Waals surface area contributed by atoms with Crippen LogP contribution in [-0.2, 0) is 18.4 Å². The van der Waals surface area contributed by atoms with Crippen LogP contribution in [0.1, 0.15) is 129 Å². The number of phosphoric acid groups is 1. The standard InChI is InChI=1S/C35H67N2O6P/c1-6-8-10-12-14-16-18-20-22-24-26-28-34(38)33(32-43-44(40,41)42-31-30-37(3,4)5)36-35(39)29-27-25-23-21-19-17-15-13-11-9-7-2/h13,15,18,20,26,28,33-34,38H,6-12,14,16-17,19,21-25,27,29-32H2,1-5H3,(H-,36,39,40,41)/p+1/b15-13-,20-18+,28-26+. The molecular weight excluding hydrogens is 575 g/mol. The number of aliphatic hydroxyl groups is 1. The molecule has 0 aliphatic heterocycles. The van der Waals surface area contributed by atoms with E-state index in [1.165, 1.54) is 51.4 Å². The summed E-state index contributed by atoms with van der Waals surface area (Å²) in [4.78, 5) is 22.8. The van der Waals surface area contributed by atoms with E-state index in [1.54, 1.807) is 6.08 Å². The van der Waals surface area contributed by atoms with Crippen LogP contribution < -0.4 is 5.32 Å². The van der Waals surface area contributed by atoms with Gasteiger partial charge in [0.25, 0.3) is 0 Å². The molecule has 44 heavy (non-hydrogen) atoms. The van der Waals surface area contributed by atoms with Gasteiger partial charge < -0.3 is 19.8 Å². The summed E-state index contributed by atoms with van der Waals surface area (Å²) in [5.41, 5.74) is 0. The SMILES string of the molecule is CCCC/C=C\CCCCCCCC(=O)NC(COP(=O)(O)OCC[N+](C)(C)C)C(O)/C=C/CC/C=C/CCCCCCC. The molecular formula is C35H68N2O6P+. The van der Waals surface area contributed by atoms with Gasteiger partial charge in [0, 0.05) is 6.42 Å². The van der Waals surface area contributed by atoms with Crippen molar-refractivity contribution in [2.75, 3.05) is 40.9 Å². The van der Waals surface area contributed by atoms with Gasteiger partial charge in [-0.25, -0.2) is 4.57 Å². The van der Waals surface area contributed by atoms with Gasteiger partial charge in [-0.3, -0.25) is 13.8 Å². The minimum absolute atomic E-state index is 0.0537. The minimum atomic E-state index is -4.33. The van der Waals surface area contributed by atoms with Gasteiger partial charge in [-0.15, -0.1) is 0 Å². The third-order valence-electron chi connectivity index (χ3n) is 7.33. The molecule has 3 N–H and O–H groups in total. The molecule has 8 nitrogen and oxygen atoms in total. The predicted octanol–water partition coefficient (Wildman–Crippen LogP) is 8.40. The topological polar surface area (TPSA) is 105 Å². The Hall–Kier alpha value is -1.28. The van der Waals surface area contributed by atoms with Crippen molar-refractivity contribution in [3.05, 3.63) is 36.5 Å². The van der Waals surface area contributed by atoms with E-state index in [2.05, 4.69) is 43.5 Å². The van der Waals surface area contributed by atoms with Crippen molar-refractivity contribution in [2.24, 2.45) is 0 Å². The summed E-state index contributed by atoms with van der Waals surface area (Å²) >= 11 is 0. The lowest BCUT2D eigenvalue weighted by molar-refractivity contribution is -0.870. The maximum atomic E-state index is 12.7. The second-order valence-corrected chi connectivity index (χ2v) is 14.3. The van der Waals surface area contributed by atoms with Crippen molar-refractivity contribution >= 4 is 13.7 Å². The van der Waals surface area contributed by atoms with Gasteiger partial charge in [0.1, 0.15) is 13.2 Å². The second-order valence-electron chi connectivity index (χ2n) is 12.9. The number of phosphoric ester groups is 1. The molecule has 0 radical (unpaired) electrons. The largest absolute Gasteiger partial charge is 0.472 e. The summed E-state index contributed by atoms with van der Waals surface area (Å²) in [5, 5.41) is 13.6. The van der Waals surface area contributed by atoms with Crippen LogP contribution in [0.25, 0.3) is 0 Å². The highest BCUT2D eigenvalue weighted by Gasteiger charge is 2.27. The third-order valence-corrected chi connectivity index (χ3v) is 8.32. The Morgan fingerprint density at radius 1 is 0.750 bits per heavy atom. The summed E-state index contributed by atoms with van der Waals surface area (Å²) in [6.07, 6.45) is 30.7. The Morgan fingerprint density at radius 3 is 1.89 bits per heavy atom. The fourth-order valence-corrected chi connectivity index (χ4v) is 5.18. The smallest absolute Gasteiger partial charge is 0.387 e. The van der Waals surface area contributed by atoms with Gasteiger partial charge in [0.05, 0.1) is 39.9 Å². The normalized spacial score (nSPS) is 15.3. The van der Waals surface area contributed by atoms with E-state index in [4.69, 9.17) is 9.05 Å². The Balaban J connectivity index is 4.69. The number of nitrogens with zero attached hydrogens (tertiary/aromatic N) is 1. The molecule has 0 rings (SSSR count). The monoisotopic (exact) mass is 643 g/mol. The molecule has 0 aliphatic rings. The van der Waals surface area contributed by atoms with E-state index in [0.29, 0.717) is 17.4 Å². The number of carbonyl (C=O) groups is 1. The van der Waals surface area contributed by atoms with Crippen LogP contribution in [0, 0.1) is 0 Å². The van der Waals surface area contributed by atoms with Crippen LogP contribution in [0.2, 0.25) is 0 Å². The third kappa shape index (κ3) is 29.4. The van der Waals surface area contributed by atoms with Gasteiger partial charge in [-0.2, -0.15) is 0 Å². The highest BCUT2D eigenvalue weighted by molar-refractivity contribution is 7.47. The quantitative estimate of drug-likeness (QED) is 0.0314. The highest BCUT2D eigenvalue weighted by atomic mass is 31.2. The van der Waals surface area contributed by atoms with Crippen LogP contribution in [-0.4, -0.2) is 73.4 Å². The van der Waals surface area contributed by atoms with Gasteiger partial charge in [0.2, 0.25) is 5.91 Å². The average molecular weight is 644 g/mol. The van der Waals surface area contributed by atoms with Crippen molar-refractivity contribution in [3.8, 4) is 0 Å². The number of amides is 1. The molecule has 0 aromatic heterocycles. The molecule has 9 heteroatoms. The van der Waals surface area contributed by atoms with Crippen LogP contribution in [0.3, 0.4) is 0 Å². The summed E-state index contributed by atoms with van der Waals surface area (Å²) in [5.74, 6) is -0.203. The summed E-state index contributed by atoms with van der Waals surface area (Å²) in [6.45, 7) is 4.68. The van der Waals surface area contributed by atoms with E-state index >= 15 is 0 Å². The Bertz CT molecular complexity index is 825. The number of likely N-dealkylation sites (N-methyl/N-ethyl adjacent to an activating group) is 1. The lowest BCUT2D eigenvalue weighted by Crippen LogP contribution is -2.45. The van der Waals surface area contributed by atoms with E-state index in [9.17, 15) is 19.4 Å². The molecule has 0 aromatic carbocycles. The molecule has 0 saturated carbocycles. The zero-order chi connectivity index (χ0) is 32.9. The zero-order valence-electron chi connectivity index (χ0n) is 28.9. The van der Waals surface area contributed by atoms with Gasteiger partial charge in [0.15, 0.2) is 0 Å². The summed E-state index contributed by atoms with van der Waals surface area (Å²) < 4.78 is 23.3. The summed E-state index contributed by atoms with van der Waals surface area (Å²) in [7, 11) is 1.54. The Morgan fingerprint density at radius 2 is 1.27 bits per heavy atom. The molecule has 0 aromatic rings. The van der Waals surface area contributed by atoms with E-state index < -0.39 is 20.0 Å². The lowest BCUT2D eigenvalue weighted by atomic mass is 10.1. The fourth-order valence-electron chi connectivity index (χ4n) is 4.45. The molecule has 1 amide bonds. The van der Waals surface area contributed by atoms with Crippen molar-refractivity contribution in [1.29, 1.82) is 0 Å². The molecule has 0 bridgehead atoms. The number of hydrogen-bond donors (Lipinski definition) is 3. The molecule has 258 valence electrons. The van der Waals surface area contributed by atoms with Crippen molar-refractivity contribution in [3.63, 3.8) is 0 Å². The molecule has 0 spiro atoms. The number of rotatable bonds is 30. The van der Waals surface area contributed by atoms with E-state index in [-0.39, 0.29) is 19.1 Å². The molecule has 0 fully saturated rings. The number of hydrogen-bond acceptors (Lipinski definition) is 5. The van der Waals surface area contributed by atoms with Crippen LogP contribution >= 0.6 is 7.82 Å². The number of carbonyl (C=O) groups excluding carboxylic acids is 1. The molecule has 3 atom stereocenters. The van der Waals surface area contributed by atoms with Crippen LogP contribution in [0.15, 0.2) is 36.5 Å². The van der Waals surface area contributed by atoms with Crippen LogP contribution in [0.5, 0.6) is 0 Å². The summed E-state index contributed by atoms with van der Waals surface area (Å²) in [6, 6.07) is -0.862. The number of quaternary nitrogens is 1. The highest BCUT2D eigenvalue weighted by Crippen LogP contribution is 2.43. The van der Waals surface area contributed by atoms with Gasteiger partial charge in [-0.1, -0.05) is 108 Å². The lowest BCUT2D eigenvalue weighted by Gasteiger charge is -2.25. The van der Waals surface area contributed by atoms with Gasteiger partial charge >= 0.3 is 7.82 Å². The molecule has 0 aliphatic carbocycles. The Labute approximate surface area is 270 Å². The van der Waals surface area contributed by atoms with Gasteiger partial charge in [-0.05, 0) is 51.4 Å². The van der Waals surface area contributed by atoms with Crippen LogP contribution in [0.4, 0.5) is 0 Å². The molecule has 3 unspecified atom stereocenters. The van der Waals surface area contributed by atoms with Crippen molar-refractivity contribution < 1.29 is 32.9 Å². The number of nitrogens with one attached hydrogen (secondary N) is 1. The minimum Gasteiger partial charge on any atom is -0.387 e. The number of allylic oxidation sites excluding steroid dienone is 5. The first-order valence-electron chi connectivity index (χ1n) is 17.4. The maximum Gasteiger partial charge on any atom is 0.472 e. The van der Waals surface area contributed by atoms with Crippen molar-refractivity contribution in [1.82, 2.24) is 5.32 Å². The van der Waals surface area contributed by atoms with E-state index in [0.717, 1.165) is 57.8 Å². The molecule has 0 saturated heterocycles. The number of aliphatic hydroxyl groups excluding tert-OH is 1. The Kier molecular flexibility index (Phi) is 27.2. The maximum absolute atomic E-state index is 12.7. The second kappa shape index (κ2) is 28.0. The first-order valence-corrected chi connectivity index (χ1v) is 18.9. The molecule has 0 heterocycles.